The smallest absolute Gasteiger partial charge is 0.418 e. The molecule has 0 radical (unpaired) electrons. The van der Waals surface area contributed by atoms with Crippen molar-refractivity contribution in [2.45, 2.75) is 31.1 Å². The van der Waals surface area contributed by atoms with Gasteiger partial charge in [-0.25, -0.2) is 28.1 Å². The van der Waals surface area contributed by atoms with Crippen LogP contribution in [0.3, 0.4) is 0 Å². The van der Waals surface area contributed by atoms with E-state index in [-0.39, 0.29) is 48.3 Å². The number of alkyl halides is 3. The minimum absolute atomic E-state index is 0.00556. The van der Waals surface area contributed by atoms with Crippen molar-refractivity contribution in [3.63, 3.8) is 0 Å². The number of ether oxygens (including phenoxy) is 2. The van der Waals surface area contributed by atoms with Gasteiger partial charge in [-0.1, -0.05) is 18.2 Å². The Bertz CT molecular complexity index is 1410. The molecule has 0 saturated carbocycles. The maximum Gasteiger partial charge on any atom is 0.418 e. The number of para-hydroxylation sites is 1. The van der Waals surface area contributed by atoms with Gasteiger partial charge in [-0.05, 0) is 42.7 Å². The molecule has 0 aliphatic carbocycles. The van der Waals surface area contributed by atoms with E-state index in [9.17, 15) is 36.3 Å². The van der Waals surface area contributed by atoms with Crippen LogP contribution in [0.15, 0.2) is 53.7 Å². The van der Waals surface area contributed by atoms with E-state index < -0.39 is 47.4 Å². The van der Waals surface area contributed by atoms with E-state index in [1.807, 2.05) is 0 Å². The third-order valence-electron chi connectivity index (χ3n) is 7.38. The first-order chi connectivity index (χ1) is 21.0. The van der Waals surface area contributed by atoms with E-state index in [0.717, 1.165) is 31.4 Å². The molecule has 10 nitrogen and oxygen atoms in total. The van der Waals surface area contributed by atoms with Gasteiger partial charge in [0.05, 0.1) is 30.6 Å². The fraction of sp³-hybridized carbons (Fsp3) is 0.414. The molecule has 44 heavy (non-hydrogen) atoms. The van der Waals surface area contributed by atoms with E-state index in [0.29, 0.717) is 30.8 Å². The first kappa shape index (κ1) is 32.7. The number of methoxy groups -OCH3 is 2. The highest BCUT2D eigenvalue weighted by molar-refractivity contribution is 6.01. The third-order valence-corrected chi connectivity index (χ3v) is 7.38. The molecule has 2 aliphatic heterocycles. The number of carbonyl (C=O) groups is 3. The van der Waals surface area contributed by atoms with E-state index in [1.54, 1.807) is 11.0 Å². The van der Waals surface area contributed by atoms with Crippen molar-refractivity contribution in [1.29, 1.82) is 0 Å². The Morgan fingerprint density at radius 3 is 2.36 bits per heavy atom. The maximum absolute atomic E-state index is 14.2. The number of amides is 4. The number of anilines is 1. The Hall–Kier alpha value is -4.24. The van der Waals surface area contributed by atoms with Crippen LogP contribution in [0.5, 0.6) is 0 Å². The van der Waals surface area contributed by atoms with Gasteiger partial charge in [0.25, 0.3) is 0 Å². The Morgan fingerprint density at radius 2 is 1.73 bits per heavy atom. The lowest BCUT2D eigenvalue weighted by Gasteiger charge is -2.37. The number of rotatable bonds is 9. The van der Waals surface area contributed by atoms with Gasteiger partial charge in [0.15, 0.2) is 11.6 Å². The second-order valence-electron chi connectivity index (χ2n) is 10.2. The zero-order valence-corrected chi connectivity index (χ0v) is 24.0. The molecule has 2 aromatic rings. The Balaban J connectivity index is 1.41. The number of halogens is 5. The van der Waals surface area contributed by atoms with Crippen LogP contribution in [0.2, 0.25) is 0 Å². The van der Waals surface area contributed by atoms with Crippen LogP contribution in [0.4, 0.5) is 37.2 Å². The predicted molar refractivity (Wildman–Crippen MR) is 148 cm³/mol. The highest BCUT2D eigenvalue weighted by atomic mass is 19.4. The van der Waals surface area contributed by atoms with Crippen LogP contribution in [-0.4, -0.2) is 76.0 Å². The first-order valence-electron chi connectivity index (χ1n) is 13.7. The van der Waals surface area contributed by atoms with Crippen molar-refractivity contribution in [2.75, 3.05) is 51.9 Å². The predicted octanol–water partition coefficient (Wildman–Crippen LogP) is 4.09. The zero-order chi connectivity index (χ0) is 32.0. The van der Waals surface area contributed by atoms with Crippen LogP contribution in [-0.2, 0) is 20.4 Å². The molecule has 0 bridgehead atoms. The normalized spacial score (nSPS) is 17.9. The van der Waals surface area contributed by atoms with Gasteiger partial charge in [-0.15, -0.1) is 0 Å². The molecule has 1 atom stereocenters. The second-order valence-corrected chi connectivity index (χ2v) is 10.2. The SMILES string of the molecule is COCC1=C(C(=O)OC)C(c2ccc(F)c(F)c2)N(C(=O)NCCNC2CCN(c3ccccc3C(F)(F)F)CC2)C(=O)N1. The number of imide groups is 1. The number of piperidine rings is 1. The van der Waals surface area contributed by atoms with Gasteiger partial charge < -0.3 is 30.3 Å². The Morgan fingerprint density at radius 1 is 1.02 bits per heavy atom. The Labute approximate surface area is 250 Å². The number of urea groups is 2. The quantitative estimate of drug-likeness (QED) is 0.219. The molecule has 238 valence electrons. The van der Waals surface area contributed by atoms with Gasteiger partial charge in [0, 0.05) is 45.0 Å². The van der Waals surface area contributed by atoms with Gasteiger partial charge >= 0.3 is 24.2 Å². The summed E-state index contributed by atoms with van der Waals surface area (Å²) in [5.74, 6) is -3.33. The monoisotopic (exact) mass is 625 g/mol. The molecule has 3 N–H and O–H groups in total. The molecule has 2 aliphatic rings. The molecule has 4 amide bonds. The average molecular weight is 626 g/mol. The summed E-state index contributed by atoms with van der Waals surface area (Å²) >= 11 is 0. The molecule has 1 saturated heterocycles. The number of carbonyl (C=O) groups excluding carboxylic acids is 3. The van der Waals surface area contributed by atoms with Crippen LogP contribution < -0.4 is 20.9 Å². The lowest BCUT2D eigenvalue weighted by molar-refractivity contribution is -0.137. The van der Waals surface area contributed by atoms with Crippen molar-refractivity contribution in [1.82, 2.24) is 20.9 Å². The minimum Gasteiger partial charge on any atom is -0.466 e. The summed E-state index contributed by atoms with van der Waals surface area (Å²) < 4.78 is 78.2. The summed E-state index contributed by atoms with van der Waals surface area (Å²) in [4.78, 5) is 41.5. The average Bonchev–Trinajstić information content (AvgIpc) is 3.00. The van der Waals surface area contributed by atoms with Gasteiger partial charge in [-0.2, -0.15) is 13.2 Å². The fourth-order valence-corrected chi connectivity index (χ4v) is 5.32. The number of esters is 1. The fourth-order valence-electron chi connectivity index (χ4n) is 5.32. The number of hydrogen-bond acceptors (Lipinski definition) is 7. The molecule has 2 aromatic carbocycles. The second kappa shape index (κ2) is 14.0. The zero-order valence-electron chi connectivity index (χ0n) is 24.0. The highest BCUT2D eigenvalue weighted by Crippen LogP contribution is 2.38. The van der Waals surface area contributed by atoms with Crippen molar-refractivity contribution in [3.8, 4) is 0 Å². The van der Waals surface area contributed by atoms with E-state index in [4.69, 9.17) is 9.47 Å². The third kappa shape index (κ3) is 7.27. The largest absolute Gasteiger partial charge is 0.466 e. The molecule has 0 aromatic heterocycles. The lowest BCUT2D eigenvalue weighted by Crippen LogP contribution is -2.56. The molecular formula is C29H32F5N5O5. The Kier molecular flexibility index (Phi) is 10.4. The highest BCUT2D eigenvalue weighted by Gasteiger charge is 2.43. The topological polar surface area (TPSA) is 112 Å². The van der Waals surface area contributed by atoms with Crippen LogP contribution >= 0.6 is 0 Å². The van der Waals surface area contributed by atoms with E-state index in [1.165, 1.54) is 19.2 Å². The summed E-state index contributed by atoms with van der Waals surface area (Å²) in [6.45, 7) is 0.846. The van der Waals surface area contributed by atoms with Crippen LogP contribution in [0.25, 0.3) is 0 Å². The van der Waals surface area contributed by atoms with Crippen molar-refractivity contribution in [3.05, 3.63) is 76.5 Å². The lowest BCUT2D eigenvalue weighted by atomic mass is 9.93. The number of benzene rings is 2. The minimum atomic E-state index is -4.46. The van der Waals surface area contributed by atoms with E-state index >= 15 is 0 Å². The van der Waals surface area contributed by atoms with E-state index in [2.05, 4.69) is 16.0 Å². The molecule has 15 heteroatoms. The summed E-state index contributed by atoms with van der Waals surface area (Å²) in [7, 11) is 2.41. The summed E-state index contributed by atoms with van der Waals surface area (Å²) in [5, 5.41) is 8.27. The number of nitrogens with zero attached hydrogens (tertiary/aromatic N) is 2. The van der Waals surface area contributed by atoms with Gasteiger partial charge in [-0.3, -0.25) is 0 Å². The van der Waals surface area contributed by atoms with Crippen molar-refractivity contribution >= 4 is 23.7 Å². The summed E-state index contributed by atoms with van der Waals surface area (Å²) in [6.07, 6.45) is -3.34. The number of nitrogens with one attached hydrogen (secondary N) is 3. The molecule has 4 rings (SSSR count). The first-order valence-corrected chi connectivity index (χ1v) is 13.7. The summed E-state index contributed by atoms with van der Waals surface area (Å²) in [5.41, 5.74) is -0.812. The molecular weight excluding hydrogens is 593 g/mol. The standard InChI is InChI=1S/C29H32F5N5O5/c1-43-16-22-24(26(40)44-2)25(17-7-8-20(30)21(31)15-17)39(28(42)37-22)27(41)36-12-11-35-18-9-13-38(14-10-18)23-6-4-3-5-19(23)29(32,33)34/h3-8,15,18,25,35H,9-14,16H2,1-2H3,(H,36,41)(H,37,42). The van der Waals surface area contributed by atoms with Crippen LogP contribution in [0, 0.1) is 11.6 Å². The number of hydrogen-bond donors (Lipinski definition) is 3. The maximum atomic E-state index is 14.2. The molecule has 1 unspecified atom stereocenters. The van der Waals surface area contributed by atoms with Crippen LogP contribution in [0.1, 0.15) is 30.0 Å². The summed E-state index contributed by atoms with van der Waals surface area (Å²) in [6, 6.07) is 4.84. The molecule has 1 fully saturated rings. The molecule has 2 heterocycles. The molecule has 0 spiro atoms. The van der Waals surface area contributed by atoms with Crippen molar-refractivity contribution in [2.24, 2.45) is 0 Å². The van der Waals surface area contributed by atoms with Gasteiger partial charge in [0.1, 0.15) is 6.04 Å². The van der Waals surface area contributed by atoms with Crippen molar-refractivity contribution < 1.29 is 45.8 Å². The van der Waals surface area contributed by atoms with Gasteiger partial charge in [0.2, 0.25) is 0 Å².